The Kier molecular flexibility index (Phi) is 2.45. The van der Waals surface area contributed by atoms with Gasteiger partial charge in [-0.3, -0.25) is 9.98 Å². The Labute approximate surface area is 83.2 Å². The van der Waals surface area contributed by atoms with E-state index in [0.717, 1.165) is 17.1 Å². The molecule has 1 aromatic heterocycles. The number of hydrazine groups is 1. The number of pyridine rings is 1. The number of amidine groups is 1. The maximum atomic E-state index is 5.43. The van der Waals surface area contributed by atoms with Crippen molar-refractivity contribution in [2.75, 3.05) is 0 Å². The second-order valence-electron chi connectivity index (χ2n) is 3.54. The molecule has 0 atom stereocenters. The Morgan fingerprint density at radius 1 is 1.64 bits per heavy atom. The van der Waals surface area contributed by atoms with Crippen LogP contribution in [0.25, 0.3) is 0 Å². The molecule has 0 unspecified atom stereocenters. The molecular weight excluding hydrogens is 176 g/mol. The second kappa shape index (κ2) is 3.75. The Morgan fingerprint density at radius 2 is 2.43 bits per heavy atom. The first-order valence-electron chi connectivity index (χ1n) is 4.77. The van der Waals surface area contributed by atoms with E-state index >= 15 is 0 Å². The van der Waals surface area contributed by atoms with Gasteiger partial charge in [0.05, 0.1) is 6.04 Å². The third kappa shape index (κ3) is 2.09. The first kappa shape index (κ1) is 9.15. The summed E-state index contributed by atoms with van der Waals surface area (Å²) < 4.78 is 0. The highest BCUT2D eigenvalue weighted by molar-refractivity contribution is 5.98. The number of aliphatic imine (C=N–C) groups is 1. The van der Waals surface area contributed by atoms with E-state index in [1.54, 1.807) is 6.20 Å². The van der Waals surface area contributed by atoms with Gasteiger partial charge in [0, 0.05) is 17.5 Å². The zero-order valence-electron chi connectivity index (χ0n) is 8.20. The molecule has 14 heavy (non-hydrogen) atoms. The van der Waals surface area contributed by atoms with Crippen LogP contribution in [0.3, 0.4) is 0 Å². The fourth-order valence-corrected chi connectivity index (χ4v) is 1.27. The normalized spacial score (nSPS) is 16.9. The average Bonchev–Trinajstić information content (AvgIpc) is 2.98. The molecule has 4 heteroatoms. The Bertz CT molecular complexity index is 355. The van der Waals surface area contributed by atoms with E-state index in [0.29, 0.717) is 6.04 Å². The van der Waals surface area contributed by atoms with Crippen molar-refractivity contribution in [2.45, 2.75) is 25.8 Å². The zero-order chi connectivity index (χ0) is 9.97. The quantitative estimate of drug-likeness (QED) is 0.313. The molecule has 1 heterocycles. The summed E-state index contributed by atoms with van der Waals surface area (Å²) in [5.41, 5.74) is 4.62. The number of nitrogens with zero attached hydrogens (tertiary/aromatic N) is 2. The van der Waals surface area contributed by atoms with Crippen molar-refractivity contribution in [1.29, 1.82) is 0 Å². The molecule has 0 radical (unpaired) electrons. The van der Waals surface area contributed by atoms with Gasteiger partial charge in [-0.1, -0.05) is 0 Å². The summed E-state index contributed by atoms with van der Waals surface area (Å²) in [6.07, 6.45) is 4.12. The number of nitrogens with two attached hydrogens (primary N) is 1. The van der Waals surface area contributed by atoms with Gasteiger partial charge < -0.3 is 5.43 Å². The summed E-state index contributed by atoms with van der Waals surface area (Å²) >= 11 is 0. The van der Waals surface area contributed by atoms with Crippen molar-refractivity contribution in [3.05, 3.63) is 29.6 Å². The Balaban J connectivity index is 2.26. The van der Waals surface area contributed by atoms with Gasteiger partial charge >= 0.3 is 0 Å². The summed E-state index contributed by atoms with van der Waals surface area (Å²) in [5, 5.41) is 0. The average molecular weight is 190 g/mol. The number of nitrogens with one attached hydrogen (secondary N) is 1. The van der Waals surface area contributed by atoms with Gasteiger partial charge in [0.1, 0.15) is 5.84 Å². The SMILES string of the molecule is Cc1cc(C(=NC2CC2)NN)ccn1. The molecule has 1 fully saturated rings. The molecule has 0 saturated heterocycles. The first-order valence-corrected chi connectivity index (χ1v) is 4.77. The summed E-state index contributed by atoms with van der Waals surface area (Å²) in [6.45, 7) is 1.95. The molecule has 74 valence electrons. The minimum Gasteiger partial charge on any atom is -0.308 e. The molecule has 3 N–H and O–H groups in total. The maximum Gasteiger partial charge on any atom is 0.142 e. The van der Waals surface area contributed by atoms with Gasteiger partial charge in [0.2, 0.25) is 0 Å². The zero-order valence-corrected chi connectivity index (χ0v) is 8.20. The van der Waals surface area contributed by atoms with E-state index < -0.39 is 0 Å². The van der Waals surface area contributed by atoms with Crippen molar-refractivity contribution in [3.63, 3.8) is 0 Å². The third-order valence-electron chi connectivity index (χ3n) is 2.17. The molecule has 1 aromatic rings. The lowest BCUT2D eigenvalue weighted by Gasteiger charge is -2.05. The molecular formula is C10H14N4. The van der Waals surface area contributed by atoms with Crippen LogP contribution in [0.5, 0.6) is 0 Å². The fraction of sp³-hybridized carbons (Fsp3) is 0.400. The lowest BCUT2D eigenvalue weighted by atomic mass is 10.2. The van der Waals surface area contributed by atoms with E-state index in [1.165, 1.54) is 12.8 Å². The predicted molar refractivity (Wildman–Crippen MR) is 55.9 cm³/mol. The predicted octanol–water partition coefficient (Wildman–Crippen LogP) is 0.762. The summed E-state index contributed by atoms with van der Waals surface area (Å²) in [4.78, 5) is 8.60. The van der Waals surface area contributed by atoms with Crippen molar-refractivity contribution in [1.82, 2.24) is 10.4 Å². The highest BCUT2D eigenvalue weighted by Crippen LogP contribution is 2.24. The van der Waals surface area contributed by atoms with Gasteiger partial charge in [-0.05, 0) is 31.9 Å². The maximum absolute atomic E-state index is 5.43. The largest absolute Gasteiger partial charge is 0.308 e. The van der Waals surface area contributed by atoms with E-state index in [-0.39, 0.29) is 0 Å². The van der Waals surface area contributed by atoms with Crippen LogP contribution in [0.4, 0.5) is 0 Å². The number of aromatic nitrogens is 1. The molecule has 0 amide bonds. The van der Waals surface area contributed by atoms with Crippen LogP contribution < -0.4 is 11.3 Å². The van der Waals surface area contributed by atoms with E-state index in [4.69, 9.17) is 5.84 Å². The number of aryl methyl sites for hydroxylation is 1. The summed E-state index contributed by atoms with van der Waals surface area (Å²) in [7, 11) is 0. The highest BCUT2D eigenvalue weighted by Gasteiger charge is 2.21. The van der Waals surface area contributed by atoms with Crippen molar-refractivity contribution < 1.29 is 0 Å². The van der Waals surface area contributed by atoms with Gasteiger partial charge in [-0.15, -0.1) is 0 Å². The monoisotopic (exact) mass is 190 g/mol. The first-order chi connectivity index (χ1) is 6.79. The van der Waals surface area contributed by atoms with Crippen LogP contribution in [-0.2, 0) is 0 Å². The lowest BCUT2D eigenvalue weighted by molar-refractivity contribution is 0.969. The van der Waals surface area contributed by atoms with Crippen LogP contribution in [0.1, 0.15) is 24.1 Å². The van der Waals surface area contributed by atoms with Gasteiger partial charge in [0.25, 0.3) is 0 Å². The smallest absolute Gasteiger partial charge is 0.142 e. The minimum absolute atomic E-state index is 0.467. The summed E-state index contributed by atoms with van der Waals surface area (Å²) in [5.74, 6) is 6.19. The topological polar surface area (TPSA) is 63.3 Å². The molecule has 0 spiro atoms. The standard InChI is InChI=1S/C10H14N4/c1-7-6-8(4-5-12-7)10(14-11)13-9-2-3-9/h4-6,9H,2-3,11H2,1H3,(H,13,14). The van der Waals surface area contributed by atoms with Crippen LogP contribution >= 0.6 is 0 Å². The molecule has 4 nitrogen and oxygen atoms in total. The number of rotatable bonds is 2. The van der Waals surface area contributed by atoms with E-state index in [9.17, 15) is 0 Å². The molecule has 1 saturated carbocycles. The van der Waals surface area contributed by atoms with Crippen molar-refractivity contribution >= 4 is 5.84 Å². The van der Waals surface area contributed by atoms with Gasteiger partial charge in [-0.2, -0.15) is 0 Å². The van der Waals surface area contributed by atoms with Crippen LogP contribution in [-0.4, -0.2) is 16.9 Å². The van der Waals surface area contributed by atoms with Gasteiger partial charge in [-0.25, -0.2) is 5.84 Å². The molecule has 0 bridgehead atoms. The number of hydrogen-bond acceptors (Lipinski definition) is 3. The highest BCUT2D eigenvalue weighted by atomic mass is 15.3. The molecule has 0 aliphatic heterocycles. The molecule has 2 rings (SSSR count). The summed E-state index contributed by atoms with van der Waals surface area (Å²) in [6, 6.07) is 4.35. The van der Waals surface area contributed by atoms with E-state index in [1.807, 2.05) is 19.1 Å². The van der Waals surface area contributed by atoms with E-state index in [2.05, 4.69) is 15.4 Å². The van der Waals surface area contributed by atoms with Crippen LogP contribution in [0.2, 0.25) is 0 Å². The van der Waals surface area contributed by atoms with Crippen LogP contribution in [0.15, 0.2) is 23.3 Å². The minimum atomic E-state index is 0.467. The number of hydrogen-bond donors (Lipinski definition) is 2. The van der Waals surface area contributed by atoms with Crippen molar-refractivity contribution in [2.24, 2.45) is 10.8 Å². The molecule has 1 aliphatic rings. The third-order valence-corrected chi connectivity index (χ3v) is 2.17. The second-order valence-corrected chi connectivity index (χ2v) is 3.54. The lowest BCUT2D eigenvalue weighted by Crippen LogP contribution is -2.31. The fourth-order valence-electron chi connectivity index (χ4n) is 1.27. The van der Waals surface area contributed by atoms with Crippen LogP contribution in [0, 0.1) is 6.92 Å². The Hall–Kier alpha value is -1.42. The van der Waals surface area contributed by atoms with Crippen molar-refractivity contribution in [3.8, 4) is 0 Å². The Morgan fingerprint density at radius 3 is 3.00 bits per heavy atom. The molecule has 1 aliphatic carbocycles. The molecule has 0 aromatic carbocycles. The van der Waals surface area contributed by atoms with Gasteiger partial charge in [0.15, 0.2) is 0 Å².